The number of phenols is 1. The monoisotopic (exact) mass is 1830 g/mol. The van der Waals surface area contributed by atoms with Crippen molar-refractivity contribution < 1.29 is 96.8 Å². The highest BCUT2D eigenvalue weighted by molar-refractivity contribution is 9.10. The van der Waals surface area contributed by atoms with E-state index in [1.165, 1.54) is 127 Å². The van der Waals surface area contributed by atoms with Crippen molar-refractivity contribution in [1.29, 1.82) is 0 Å². The first-order valence-electron chi connectivity index (χ1n) is 40.9. The summed E-state index contributed by atoms with van der Waals surface area (Å²) in [6.45, 7) is 10.3. The number of nitrogens with one attached hydrogen (secondary N) is 1. The number of rotatable bonds is 20. The van der Waals surface area contributed by atoms with Crippen LogP contribution >= 0.6 is 15.9 Å². The van der Waals surface area contributed by atoms with E-state index >= 15 is 0 Å². The predicted octanol–water partition coefficient (Wildman–Crippen LogP) is 18.2. The van der Waals surface area contributed by atoms with Gasteiger partial charge in [-0.2, -0.15) is 0 Å². The highest BCUT2D eigenvalue weighted by Gasteiger charge is 2.52. The molecule has 18 rings (SSSR count). The van der Waals surface area contributed by atoms with Crippen LogP contribution in [0.25, 0.3) is 110 Å². The zero-order valence-corrected chi connectivity index (χ0v) is 74.2. The molecule has 26 nitrogen and oxygen atoms in total. The number of fused-ring (bicyclic) bond motifs is 10. The number of carbonyl (C=O) groups excluding carboxylic acids is 1. The molecule has 0 spiro atoms. The molecule has 2 fully saturated rings. The summed E-state index contributed by atoms with van der Waals surface area (Å²) in [4.78, 5) is 84.3. The van der Waals surface area contributed by atoms with Crippen molar-refractivity contribution in [3.8, 4) is 57.5 Å². The smallest absolute Gasteiger partial charge is 0.494 e. The summed E-state index contributed by atoms with van der Waals surface area (Å²) in [5.41, 5.74) is 1.70. The lowest BCUT2D eigenvalue weighted by Gasteiger charge is -2.32. The lowest BCUT2D eigenvalue weighted by molar-refractivity contribution is -0.121. The maximum Gasteiger partial charge on any atom is 0.494 e. The van der Waals surface area contributed by atoms with Crippen LogP contribution in [0.3, 0.4) is 0 Å². The van der Waals surface area contributed by atoms with Gasteiger partial charge in [0.25, 0.3) is 0 Å². The summed E-state index contributed by atoms with van der Waals surface area (Å²) in [6.07, 6.45) is 7.14. The molecule has 6 aromatic heterocycles. The van der Waals surface area contributed by atoms with Gasteiger partial charge < -0.3 is 89.5 Å². The number of aryl methyl sites for hydroxylation is 1. The molecule has 1 saturated carbocycles. The first-order chi connectivity index (χ1) is 61.7. The van der Waals surface area contributed by atoms with Crippen molar-refractivity contribution in [1.82, 2.24) is 20.1 Å². The topological polar surface area (TPSA) is 312 Å². The number of ether oxygens (including phenoxy) is 8. The van der Waals surface area contributed by atoms with Gasteiger partial charge in [0.1, 0.15) is 93.1 Å². The highest BCUT2D eigenvalue weighted by Crippen LogP contribution is 2.41. The number of halogens is 5. The van der Waals surface area contributed by atoms with Gasteiger partial charge in [-0.3, -0.25) is 33.8 Å². The number of likely N-dealkylation sites (N-methyl/N-ethyl adjacent to an activating group) is 2. The third-order valence-electron chi connectivity index (χ3n) is 22.0. The Morgan fingerprint density at radius 1 is 0.450 bits per heavy atom. The van der Waals surface area contributed by atoms with Crippen LogP contribution in [-0.4, -0.2) is 140 Å². The van der Waals surface area contributed by atoms with E-state index in [0.29, 0.717) is 148 Å². The molecule has 2 N–H and O–H groups in total. The second kappa shape index (κ2) is 39.0. The van der Waals surface area contributed by atoms with Gasteiger partial charge in [-0.25, -0.2) is 17.6 Å². The molecule has 0 atom stereocenters. The maximum absolute atomic E-state index is 13.5. The zero-order valence-electron chi connectivity index (χ0n) is 72.6. The molecule has 1 aliphatic heterocycles. The molecule has 10 aromatic carbocycles. The number of hydrogen-bond donors (Lipinski definition) is 2. The Labute approximate surface area is 742 Å². The number of phenolic OH excluding ortho intramolecular Hbond substituents is 1. The van der Waals surface area contributed by atoms with Gasteiger partial charge in [0.2, 0.25) is 33.1 Å². The number of nitrogens with zero attached hydrogens (tertiary/aromatic N) is 3. The van der Waals surface area contributed by atoms with Gasteiger partial charge in [-0.05, 0) is 196 Å². The normalized spacial score (nSPS) is 13.5. The maximum atomic E-state index is 13.5. The molecule has 668 valence electrons. The third kappa shape index (κ3) is 20.4. The first-order valence-corrected chi connectivity index (χ1v) is 41.7. The van der Waals surface area contributed by atoms with Crippen molar-refractivity contribution in [2.24, 2.45) is 0 Å². The Bertz CT molecular complexity index is 7140. The van der Waals surface area contributed by atoms with Crippen molar-refractivity contribution in [2.45, 2.75) is 83.5 Å². The number of benzene rings is 10. The molecule has 32 heteroatoms. The average Bonchev–Trinajstić information content (AvgIpc) is 1.58. The Morgan fingerprint density at radius 2 is 0.814 bits per heavy atom. The van der Waals surface area contributed by atoms with Crippen LogP contribution in [0.1, 0.15) is 65.5 Å². The molecule has 1 aliphatic carbocycles. The Kier molecular flexibility index (Phi) is 27.7. The summed E-state index contributed by atoms with van der Waals surface area (Å²) in [7, 11) is 14.6. The number of aromatic hydroxyl groups is 1. The van der Waals surface area contributed by atoms with Gasteiger partial charge in [0.15, 0.2) is 56.7 Å². The molecule has 16 aromatic rings. The minimum absolute atomic E-state index is 0.0731. The van der Waals surface area contributed by atoms with E-state index < -0.39 is 41.6 Å². The summed E-state index contributed by atoms with van der Waals surface area (Å²) in [5.74, 6) is 1.99. The zero-order chi connectivity index (χ0) is 92.0. The Hall–Kier alpha value is -13.5. The molecule has 0 radical (unpaired) electrons. The van der Waals surface area contributed by atoms with E-state index in [-0.39, 0.29) is 94.4 Å². The van der Waals surface area contributed by atoms with E-state index in [1.807, 2.05) is 77.8 Å². The average molecular weight is 1830 g/mol. The number of pyridine rings is 1. The Morgan fingerprint density at radius 3 is 1.22 bits per heavy atom. The van der Waals surface area contributed by atoms with Crippen molar-refractivity contribution in [3.05, 3.63) is 255 Å². The van der Waals surface area contributed by atoms with Gasteiger partial charge in [-0.1, -0.05) is 28.8 Å². The van der Waals surface area contributed by atoms with E-state index in [9.17, 15) is 51.4 Å². The van der Waals surface area contributed by atoms with Crippen LogP contribution < -0.4 is 75.8 Å². The van der Waals surface area contributed by atoms with Crippen LogP contribution in [0.15, 0.2) is 221 Å². The summed E-state index contributed by atoms with van der Waals surface area (Å²) >= 11 is 3.31. The number of methoxy groups -OCH3 is 5. The predicted molar refractivity (Wildman–Crippen MR) is 489 cm³/mol. The van der Waals surface area contributed by atoms with E-state index in [1.54, 1.807) is 72.9 Å². The standard InChI is InChI=1S/C31H35N3O6.C20H20BFO5.C18H18FNO4.C14H8BrFO3.C14H9FO4/c1-34(2)14-15-38-24-16-26-30(36)25-12-11-22(17-27(25)40-31(26)28(18-24)37-3)39-23-10-8-20(32-19-23)9-13-29(35)33-21-6-4-5-7-21;1-19(2)20(3,4)27-21(26-19)11-8-14-17(23)13-7-6-12(22)10-15(13)25-18(14)16(9-11)24-5;1-20(2)6-7-23-12-9-14-17(21)13-5-4-11(19)8-15(13)24-18(14)16(10-12)22-3;1-18-12-5-7(15)4-10-13(17)9-3-2-8(16)6-11(9)19-14(10)12;1-18-12-6-8(16)5-10-13(17)9-3-2-7(15)4-11(9)19-14(10)12/h8,10-12,16-19,21H,4-7,9,13-15H2,1-3H3,(H,33,35);6-10H,1-5H3;4-5,8-10H,6-7H2,1-3H3;2-6H,1H3;2-6,16H,1H3. The number of amides is 1. The third-order valence-corrected chi connectivity index (χ3v) is 22.5. The fourth-order valence-corrected chi connectivity index (χ4v) is 15.0. The number of hydrogen-bond acceptors (Lipinski definition) is 25. The van der Waals surface area contributed by atoms with E-state index in [0.717, 1.165) is 37.7 Å². The van der Waals surface area contributed by atoms with Gasteiger partial charge in [0.05, 0.1) is 107 Å². The summed E-state index contributed by atoms with van der Waals surface area (Å²) < 4.78 is 139. The molecule has 1 amide bonds. The summed E-state index contributed by atoms with van der Waals surface area (Å²) in [5, 5.41) is 16.0. The number of aromatic nitrogens is 1. The largest absolute Gasteiger partial charge is 0.508 e. The fourth-order valence-electron chi connectivity index (χ4n) is 14.6. The van der Waals surface area contributed by atoms with Crippen LogP contribution in [0.2, 0.25) is 0 Å². The minimum atomic E-state index is -0.642. The minimum Gasteiger partial charge on any atom is -0.508 e. The van der Waals surface area contributed by atoms with Gasteiger partial charge in [0, 0.05) is 84.2 Å². The lowest BCUT2D eigenvalue weighted by atomic mass is 9.78. The second-order valence-corrected chi connectivity index (χ2v) is 32.9. The molecule has 129 heavy (non-hydrogen) atoms. The Balaban J connectivity index is 0.000000134. The molecule has 1 saturated heterocycles. The molecular formula is C97H90BBrF4N4O22. The van der Waals surface area contributed by atoms with Crippen molar-refractivity contribution in [3.63, 3.8) is 0 Å². The van der Waals surface area contributed by atoms with Crippen LogP contribution in [0.4, 0.5) is 17.6 Å². The van der Waals surface area contributed by atoms with Crippen LogP contribution in [0, 0.1) is 23.3 Å². The number of carbonyl (C=O) groups is 1. The quantitative estimate of drug-likeness (QED) is 0.0407. The highest BCUT2D eigenvalue weighted by atomic mass is 79.9. The molecule has 2 aliphatic rings. The summed E-state index contributed by atoms with van der Waals surface area (Å²) in [6, 6.07) is 40.4. The fraction of sp³-hybridized carbons (Fsp3) is 0.268. The molecular weight excluding hydrogens is 1740 g/mol. The van der Waals surface area contributed by atoms with Crippen LogP contribution in [-0.2, 0) is 20.5 Å². The van der Waals surface area contributed by atoms with Crippen molar-refractivity contribution >= 4 is 144 Å². The molecule has 0 bridgehead atoms. The van der Waals surface area contributed by atoms with E-state index in [2.05, 4.69) is 26.2 Å². The first kappa shape index (κ1) is 91.7. The van der Waals surface area contributed by atoms with Crippen molar-refractivity contribution in [2.75, 3.05) is 90.0 Å². The molecule has 0 unspecified atom stereocenters. The van der Waals surface area contributed by atoms with E-state index in [4.69, 9.17) is 69.3 Å². The van der Waals surface area contributed by atoms with Crippen LogP contribution in [0.5, 0.6) is 57.5 Å². The second-order valence-electron chi connectivity index (χ2n) is 32.0. The molecule has 7 heterocycles. The lowest BCUT2D eigenvalue weighted by Crippen LogP contribution is -2.41. The SMILES string of the molecule is COc1cc(B2OC(C)(C)C(C)(C)O2)cc2c(=O)c3ccc(F)cc3oc12.COc1cc(Br)cc2c(=O)c3ccc(F)cc3oc12.COc1cc(O)cc2c(=O)c3ccc(F)cc3oc12.COc1cc(OCCN(C)C)cc2c(=O)c3ccc(F)cc3oc12.COc1cc(OCCN(C)C)cc2c(=O)c3ccc(Oc4ccc(CCC(=O)NC5CCCC5)nc4)cc3oc12. The van der Waals surface area contributed by atoms with Gasteiger partial charge in [-0.15, -0.1) is 0 Å². The van der Waals surface area contributed by atoms with Gasteiger partial charge >= 0.3 is 7.12 Å².